The van der Waals surface area contributed by atoms with Gasteiger partial charge in [0.25, 0.3) is 5.56 Å². The first-order chi connectivity index (χ1) is 8.19. The lowest BCUT2D eigenvalue weighted by molar-refractivity contribution is 0.329. The Bertz CT molecular complexity index is 420. The zero-order chi connectivity index (χ0) is 12.3. The highest BCUT2D eigenvalue weighted by Gasteiger charge is 2.28. The number of H-pyrrole nitrogens is 1. The molecule has 1 aromatic rings. The molecule has 17 heavy (non-hydrogen) atoms. The zero-order valence-corrected chi connectivity index (χ0v) is 11.1. The number of aromatic nitrogens is 2. The van der Waals surface area contributed by atoms with Crippen LogP contribution < -0.4 is 10.9 Å². The maximum Gasteiger partial charge on any atom is 0.251 e. The van der Waals surface area contributed by atoms with E-state index in [1.165, 1.54) is 25.3 Å². The van der Waals surface area contributed by atoms with Gasteiger partial charge in [-0.15, -0.1) is 0 Å². The van der Waals surface area contributed by atoms with Gasteiger partial charge >= 0.3 is 0 Å². The molecule has 4 nitrogen and oxygen atoms in total. The first-order valence-electron chi connectivity index (χ1n) is 6.08. The molecule has 3 atom stereocenters. The van der Waals surface area contributed by atoms with Crippen molar-refractivity contribution in [2.24, 2.45) is 5.92 Å². The molecule has 94 valence electrons. The Balaban J connectivity index is 2.07. The Morgan fingerprint density at radius 2 is 2.35 bits per heavy atom. The predicted molar refractivity (Wildman–Crippen MR) is 70.4 cm³/mol. The van der Waals surface area contributed by atoms with E-state index >= 15 is 0 Å². The summed E-state index contributed by atoms with van der Waals surface area (Å²) >= 11 is 1.69. The zero-order valence-electron chi connectivity index (χ0n) is 10.3. The Morgan fingerprint density at radius 1 is 1.53 bits per heavy atom. The van der Waals surface area contributed by atoms with Crippen LogP contribution in [0.3, 0.4) is 0 Å². The number of hydrogen-bond acceptors (Lipinski definition) is 4. The summed E-state index contributed by atoms with van der Waals surface area (Å²) in [7, 11) is 2.01. The van der Waals surface area contributed by atoms with Gasteiger partial charge < -0.3 is 10.3 Å². The number of nitrogens with one attached hydrogen (secondary N) is 2. The summed E-state index contributed by atoms with van der Waals surface area (Å²) in [5.41, 5.74) is -0.0765. The van der Waals surface area contributed by atoms with Gasteiger partial charge in [0.05, 0.1) is 0 Å². The van der Waals surface area contributed by atoms with Crippen LogP contribution in [-0.2, 0) is 0 Å². The highest BCUT2D eigenvalue weighted by atomic mass is 32.2. The van der Waals surface area contributed by atoms with Crippen LogP contribution in [0.5, 0.6) is 0 Å². The normalized spacial score (nSPS) is 29.2. The first kappa shape index (κ1) is 12.6. The van der Waals surface area contributed by atoms with Gasteiger partial charge in [0.1, 0.15) is 0 Å². The minimum Gasteiger partial charge on any atom is -0.316 e. The molecular weight excluding hydrogens is 234 g/mol. The van der Waals surface area contributed by atoms with Crippen LogP contribution >= 0.6 is 11.8 Å². The monoisotopic (exact) mass is 253 g/mol. The second-order valence-corrected chi connectivity index (χ2v) is 5.94. The van der Waals surface area contributed by atoms with Crippen molar-refractivity contribution in [1.82, 2.24) is 15.3 Å². The van der Waals surface area contributed by atoms with Crippen molar-refractivity contribution in [2.75, 3.05) is 7.05 Å². The fourth-order valence-electron chi connectivity index (χ4n) is 2.34. The number of hydrogen-bond donors (Lipinski definition) is 2. The molecule has 1 heterocycles. The third-order valence-electron chi connectivity index (χ3n) is 3.34. The molecule has 2 N–H and O–H groups in total. The molecule has 0 radical (unpaired) electrons. The van der Waals surface area contributed by atoms with E-state index < -0.39 is 0 Å². The summed E-state index contributed by atoms with van der Waals surface area (Å²) in [6, 6.07) is 1.96. The maximum absolute atomic E-state index is 11.2. The number of thioether (sulfide) groups is 1. The molecule has 1 aliphatic rings. The minimum absolute atomic E-state index is 0.0765. The lowest BCUT2D eigenvalue weighted by Crippen LogP contribution is -2.40. The van der Waals surface area contributed by atoms with Crippen LogP contribution in [0, 0.1) is 5.92 Å². The molecule has 1 aromatic heterocycles. The largest absolute Gasteiger partial charge is 0.316 e. The summed E-state index contributed by atoms with van der Waals surface area (Å²) in [6.07, 6.45) is 5.23. The lowest BCUT2D eigenvalue weighted by Gasteiger charge is -2.33. The number of rotatable bonds is 3. The third-order valence-corrected chi connectivity index (χ3v) is 4.59. The topological polar surface area (TPSA) is 57.8 Å². The summed E-state index contributed by atoms with van der Waals surface area (Å²) in [4.78, 5) is 18.2. The first-order valence-corrected chi connectivity index (χ1v) is 6.96. The highest BCUT2D eigenvalue weighted by molar-refractivity contribution is 7.99. The van der Waals surface area contributed by atoms with E-state index in [0.717, 1.165) is 11.1 Å². The molecule has 3 unspecified atom stereocenters. The smallest absolute Gasteiger partial charge is 0.251 e. The minimum atomic E-state index is -0.0765. The molecule has 0 aliphatic heterocycles. The van der Waals surface area contributed by atoms with E-state index in [9.17, 15) is 4.79 Å². The average Bonchev–Trinajstić information content (AvgIpc) is 2.29. The van der Waals surface area contributed by atoms with Crippen LogP contribution in [0.15, 0.2) is 22.2 Å². The Labute approximate surface area is 106 Å². The van der Waals surface area contributed by atoms with Gasteiger partial charge in [0, 0.05) is 23.6 Å². The average molecular weight is 253 g/mol. The maximum atomic E-state index is 11.2. The fraction of sp³-hybridized carbons (Fsp3) is 0.667. The van der Waals surface area contributed by atoms with Gasteiger partial charge in [0.2, 0.25) is 0 Å². The fourth-order valence-corrected chi connectivity index (χ4v) is 3.77. The SMILES string of the molecule is CNC1CCC(C)CC1Sc1nccc(=O)[nH]1. The molecule has 2 rings (SSSR count). The second-order valence-electron chi connectivity index (χ2n) is 4.71. The lowest BCUT2D eigenvalue weighted by atomic mass is 9.87. The molecule has 0 bridgehead atoms. The van der Waals surface area contributed by atoms with E-state index in [1.807, 2.05) is 7.05 Å². The Hall–Kier alpha value is -0.810. The van der Waals surface area contributed by atoms with Crippen molar-refractivity contribution in [1.29, 1.82) is 0 Å². The molecule has 1 aliphatic carbocycles. The molecule has 0 saturated heterocycles. The molecule has 0 spiro atoms. The second kappa shape index (κ2) is 5.69. The highest BCUT2D eigenvalue weighted by Crippen LogP contribution is 2.34. The van der Waals surface area contributed by atoms with E-state index in [1.54, 1.807) is 18.0 Å². The van der Waals surface area contributed by atoms with Crippen LogP contribution in [0.4, 0.5) is 0 Å². The molecular formula is C12H19N3OS. The predicted octanol–water partition coefficient (Wildman–Crippen LogP) is 1.64. The van der Waals surface area contributed by atoms with Crippen LogP contribution in [-0.4, -0.2) is 28.3 Å². The van der Waals surface area contributed by atoms with Crippen LogP contribution in [0.25, 0.3) is 0 Å². The van der Waals surface area contributed by atoms with Gasteiger partial charge in [-0.1, -0.05) is 18.7 Å². The van der Waals surface area contributed by atoms with Gasteiger partial charge in [-0.05, 0) is 32.2 Å². The van der Waals surface area contributed by atoms with Crippen molar-refractivity contribution in [3.05, 3.63) is 22.6 Å². The van der Waals surface area contributed by atoms with Crippen molar-refractivity contribution >= 4 is 11.8 Å². The van der Waals surface area contributed by atoms with Crippen molar-refractivity contribution in [2.45, 2.75) is 42.6 Å². The molecule has 0 aromatic carbocycles. The van der Waals surface area contributed by atoms with Gasteiger partial charge in [0.15, 0.2) is 5.16 Å². The molecule has 1 saturated carbocycles. The van der Waals surface area contributed by atoms with Gasteiger partial charge in [-0.3, -0.25) is 4.79 Å². The summed E-state index contributed by atoms with van der Waals surface area (Å²) in [6.45, 7) is 2.29. The van der Waals surface area contributed by atoms with E-state index in [2.05, 4.69) is 22.2 Å². The van der Waals surface area contributed by atoms with Crippen LogP contribution in [0.1, 0.15) is 26.2 Å². The van der Waals surface area contributed by atoms with Gasteiger partial charge in [-0.2, -0.15) is 0 Å². The Kier molecular flexibility index (Phi) is 4.23. The third kappa shape index (κ3) is 3.33. The van der Waals surface area contributed by atoms with E-state index in [0.29, 0.717) is 11.3 Å². The Morgan fingerprint density at radius 3 is 3.06 bits per heavy atom. The van der Waals surface area contributed by atoms with Crippen molar-refractivity contribution in [3.63, 3.8) is 0 Å². The summed E-state index contributed by atoms with van der Waals surface area (Å²) in [5, 5.41) is 4.60. The van der Waals surface area contributed by atoms with E-state index in [4.69, 9.17) is 0 Å². The van der Waals surface area contributed by atoms with E-state index in [-0.39, 0.29) is 5.56 Å². The summed E-state index contributed by atoms with van der Waals surface area (Å²) in [5.74, 6) is 0.757. The summed E-state index contributed by atoms with van der Waals surface area (Å²) < 4.78 is 0. The van der Waals surface area contributed by atoms with Crippen LogP contribution in [0.2, 0.25) is 0 Å². The quantitative estimate of drug-likeness (QED) is 0.804. The molecule has 5 heteroatoms. The number of nitrogens with zero attached hydrogens (tertiary/aromatic N) is 1. The van der Waals surface area contributed by atoms with Crippen molar-refractivity contribution in [3.8, 4) is 0 Å². The van der Waals surface area contributed by atoms with Gasteiger partial charge in [-0.25, -0.2) is 4.98 Å². The van der Waals surface area contributed by atoms with Crippen molar-refractivity contribution < 1.29 is 0 Å². The molecule has 1 fully saturated rings. The number of aromatic amines is 1. The standard InChI is InChI=1S/C12H19N3OS/c1-8-3-4-9(13-2)10(7-8)17-12-14-6-5-11(16)15-12/h5-6,8-10,13H,3-4,7H2,1-2H3,(H,14,15,16). The molecule has 0 amide bonds.